The van der Waals surface area contributed by atoms with Crippen LogP contribution in [0.5, 0.6) is 0 Å². The molecule has 9 heteroatoms. The Morgan fingerprint density at radius 1 is 1.26 bits per heavy atom. The first-order chi connectivity index (χ1) is 13.0. The number of benzene rings is 1. The normalized spacial score (nSPS) is 17.3. The van der Waals surface area contributed by atoms with Crippen LogP contribution in [0, 0.1) is 0 Å². The summed E-state index contributed by atoms with van der Waals surface area (Å²) in [7, 11) is 1.26. The van der Waals surface area contributed by atoms with Crippen LogP contribution in [0.1, 0.15) is 0 Å². The van der Waals surface area contributed by atoms with Gasteiger partial charge in [-0.3, -0.25) is 9.59 Å². The minimum Gasteiger partial charge on any atom is -0.466 e. The highest BCUT2D eigenvalue weighted by Crippen LogP contribution is 2.24. The Hall–Kier alpha value is -3.07. The van der Waals surface area contributed by atoms with Crippen molar-refractivity contribution in [1.82, 2.24) is 10.2 Å². The molecule has 2 aliphatic heterocycles. The molecule has 3 rings (SSSR count). The van der Waals surface area contributed by atoms with Crippen molar-refractivity contribution in [2.75, 3.05) is 56.7 Å². The molecule has 1 aromatic carbocycles. The smallest absolute Gasteiger partial charge is 0.337 e. The fourth-order valence-electron chi connectivity index (χ4n) is 3.11. The van der Waals surface area contributed by atoms with Gasteiger partial charge in [-0.05, 0) is 24.3 Å². The zero-order valence-electron chi connectivity index (χ0n) is 15.0. The number of ether oxygens (including phenoxy) is 1. The third-order valence-electron chi connectivity index (χ3n) is 4.49. The van der Waals surface area contributed by atoms with Crippen molar-refractivity contribution in [1.29, 1.82) is 0 Å². The Kier molecular flexibility index (Phi) is 5.60. The van der Waals surface area contributed by atoms with E-state index in [9.17, 15) is 14.4 Å². The Bertz CT molecular complexity index is 774. The highest BCUT2D eigenvalue weighted by Gasteiger charge is 2.34. The second-order valence-corrected chi connectivity index (χ2v) is 6.24. The molecule has 0 aliphatic carbocycles. The van der Waals surface area contributed by atoms with Crippen LogP contribution in [0.15, 0.2) is 35.5 Å². The zero-order valence-corrected chi connectivity index (χ0v) is 15.0. The summed E-state index contributed by atoms with van der Waals surface area (Å²) in [6.45, 7) is 1.68. The van der Waals surface area contributed by atoms with Gasteiger partial charge in [0.2, 0.25) is 5.91 Å². The second kappa shape index (κ2) is 8.09. The molecular formula is C18H22N4O5. The molecule has 1 fully saturated rings. The van der Waals surface area contributed by atoms with E-state index >= 15 is 0 Å². The lowest BCUT2D eigenvalue weighted by molar-refractivity contribution is -0.136. The van der Waals surface area contributed by atoms with E-state index in [1.807, 2.05) is 17.0 Å². The largest absolute Gasteiger partial charge is 0.466 e. The van der Waals surface area contributed by atoms with Crippen molar-refractivity contribution in [3.63, 3.8) is 0 Å². The van der Waals surface area contributed by atoms with Gasteiger partial charge in [-0.25, -0.2) is 4.79 Å². The number of esters is 1. The molecule has 0 atom stereocenters. The van der Waals surface area contributed by atoms with E-state index in [0.717, 1.165) is 12.2 Å². The third kappa shape index (κ3) is 4.03. The van der Waals surface area contributed by atoms with E-state index in [2.05, 4.69) is 10.6 Å². The number of aliphatic hydroxyl groups excluding tert-OH is 1. The van der Waals surface area contributed by atoms with Crippen molar-refractivity contribution in [3.05, 3.63) is 35.5 Å². The van der Waals surface area contributed by atoms with Gasteiger partial charge in [0.05, 0.1) is 32.4 Å². The predicted octanol–water partition coefficient (Wildman–Crippen LogP) is -0.704. The zero-order chi connectivity index (χ0) is 19.4. The maximum Gasteiger partial charge on any atom is 0.337 e. The molecule has 0 bridgehead atoms. The van der Waals surface area contributed by atoms with Gasteiger partial charge in [-0.1, -0.05) is 0 Å². The van der Waals surface area contributed by atoms with Gasteiger partial charge in [0.1, 0.15) is 5.70 Å². The van der Waals surface area contributed by atoms with Gasteiger partial charge >= 0.3 is 5.97 Å². The number of β-amino-alcohol motifs (C(OH)–C–C–N with tert-alkyl or cyclic N) is 1. The summed E-state index contributed by atoms with van der Waals surface area (Å²) < 4.78 is 4.76. The molecule has 144 valence electrons. The Morgan fingerprint density at radius 3 is 2.63 bits per heavy atom. The number of carbonyl (C=O) groups excluding carboxylic acids is 3. The van der Waals surface area contributed by atoms with Gasteiger partial charge in [0.25, 0.3) is 5.91 Å². The van der Waals surface area contributed by atoms with Crippen LogP contribution in [0.2, 0.25) is 0 Å². The third-order valence-corrected chi connectivity index (χ3v) is 4.49. The van der Waals surface area contributed by atoms with Gasteiger partial charge < -0.3 is 30.3 Å². The minimum absolute atomic E-state index is 0.0168. The maximum atomic E-state index is 12.5. The highest BCUT2D eigenvalue weighted by molar-refractivity contribution is 6.08. The number of amides is 2. The number of methoxy groups -OCH3 is 1. The molecule has 1 saturated heterocycles. The summed E-state index contributed by atoms with van der Waals surface area (Å²) >= 11 is 0. The van der Waals surface area contributed by atoms with Gasteiger partial charge in [0.15, 0.2) is 0 Å². The average molecular weight is 374 g/mol. The van der Waals surface area contributed by atoms with Crippen molar-refractivity contribution in [3.8, 4) is 0 Å². The predicted molar refractivity (Wildman–Crippen MR) is 98.0 cm³/mol. The Balaban J connectivity index is 1.77. The summed E-state index contributed by atoms with van der Waals surface area (Å²) in [5.74, 6) is -0.958. The fraction of sp³-hybridized carbons (Fsp3) is 0.389. The summed E-state index contributed by atoms with van der Waals surface area (Å²) in [6, 6.07) is 7.27. The van der Waals surface area contributed by atoms with E-state index in [1.165, 1.54) is 12.0 Å². The number of rotatable bonds is 6. The lowest BCUT2D eigenvalue weighted by Crippen LogP contribution is -2.47. The van der Waals surface area contributed by atoms with Crippen LogP contribution in [0.4, 0.5) is 11.4 Å². The first-order valence-electron chi connectivity index (χ1n) is 8.64. The lowest BCUT2D eigenvalue weighted by Gasteiger charge is -2.28. The Morgan fingerprint density at radius 2 is 2.00 bits per heavy atom. The molecule has 1 aromatic rings. The van der Waals surface area contributed by atoms with Crippen molar-refractivity contribution >= 4 is 29.2 Å². The van der Waals surface area contributed by atoms with E-state index in [0.29, 0.717) is 18.8 Å². The SMILES string of the molecule is COC(=O)C1=C(Nc2ccc(N3CCNC(=O)C3)cc2)C(=O)N(CCO)C1. The Labute approximate surface area is 156 Å². The number of carbonyl (C=O) groups is 3. The fourth-order valence-corrected chi connectivity index (χ4v) is 3.11. The molecule has 0 spiro atoms. The van der Waals surface area contributed by atoms with Gasteiger partial charge in [0, 0.05) is 31.0 Å². The maximum absolute atomic E-state index is 12.5. The molecule has 3 N–H and O–H groups in total. The molecule has 0 radical (unpaired) electrons. The molecular weight excluding hydrogens is 352 g/mol. The molecule has 2 aliphatic rings. The van der Waals surface area contributed by atoms with E-state index in [4.69, 9.17) is 9.84 Å². The lowest BCUT2D eigenvalue weighted by atomic mass is 10.2. The summed E-state index contributed by atoms with van der Waals surface area (Å²) in [4.78, 5) is 39.4. The average Bonchev–Trinajstić information content (AvgIpc) is 2.98. The number of anilines is 2. The molecule has 0 aromatic heterocycles. The van der Waals surface area contributed by atoms with Crippen molar-refractivity contribution in [2.45, 2.75) is 0 Å². The number of aliphatic hydroxyl groups is 1. The molecule has 27 heavy (non-hydrogen) atoms. The summed E-state index contributed by atoms with van der Waals surface area (Å²) in [5.41, 5.74) is 1.92. The minimum atomic E-state index is -0.581. The number of nitrogens with one attached hydrogen (secondary N) is 2. The van der Waals surface area contributed by atoms with Crippen molar-refractivity contribution in [2.24, 2.45) is 0 Å². The van der Waals surface area contributed by atoms with Crippen LogP contribution >= 0.6 is 0 Å². The first-order valence-corrected chi connectivity index (χ1v) is 8.64. The first kappa shape index (κ1) is 18.7. The van der Waals surface area contributed by atoms with E-state index in [-0.39, 0.29) is 42.8 Å². The van der Waals surface area contributed by atoms with Gasteiger partial charge in [-0.15, -0.1) is 0 Å². The van der Waals surface area contributed by atoms with Gasteiger partial charge in [-0.2, -0.15) is 0 Å². The van der Waals surface area contributed by atoms with E-state index in [1.54, 1.807) is 12.1 Å². The molecule has 2 heterocycles. The monoisotopic (exact) mass is 374 g/mol. The van der Waals surface area contributed by atoms with Crippen LogP contribution in [-0.2, 0) is 19.1 Å². The topological polar surface area (TPSA) is 111 Å². The molecule has 9 nitrogen and oxygen atoms in total. The number of nitrogens with zero attached hydrogens (tertiary/aromatic N) is 2. The van der Waals surface area contributed by atoms with Crippen LogP contribution < -0.4 is 15.5 Å². The number of piperazine rings is 1. The standard InChI is InChI=1S/C18H22N4O5/c1-27-18(26)14-10-22(8-9-23)17(25)16(14)20-12-2-4-13(5-3-12)21-7-6-19-15(24)11-21/h2-5,20,23H,6-11H2,1H3,(H,19,24). The molecule has 0 unspecified atom stereocenters. The van der Waals surface area contributed by atoms with Crippen LogP contribution in [0.25, 0.3) is 0 Å². The van der Waals surface area contributed by atoms with Crippen LogP contribution in [0.3, 0.4) is 0 Å². The number of hydrogen-bond acceptors (Lipinski definition) is 7. The molecule has 2 amide bonds. The molecule has 0 saturated carbocycles. The van der Waals surface area contributed by atoms with E-state index < -0.39 is 5.97 Å². The van der Waals surface area contributed by atoms with Crippen LogP contribution in [-0.4, -0.2) is 74.2 Å². The quantitative estimate of drug-likeness (QED) is 0.565. The highest BCUT2D eigenvalue weighted by atomic mass is 16.5. The summed E-state index contributed by atoms with van der Waals surface area (Å²) in [6.07, 6.45) is 0. The second-order valence-electron chi connectivity index (χ2n) is 6.24. The van der Waals surface area contributed by atoms with Crippen molar-refractivity contribution < 1.29 is 24.2 Å². The summed E-state index contributed by atoms with van der Waals surface area (Å²) in [5, 5.41) is 14.9. The number of hydrogen-bond donors (Lipinski definition) is 3.